The first-order valence-corrected chi connectivity index (χ1v) is 13.3. The topological polar surface area (TPSA) is 268 Å². The Bertz CT molecular complexity index is 1040. The molecule has 2 heterocycles. The van der Waals surface area contributed by atoms with Crippen molar-refractivity contribution in [3.63, 3.8) is 0 Å². The van der Waals surface area contributed by atoms with Crippen molar-refractivity contribution in [2.24, 2.45) is 5.16 Å². The minimum absolute atomic E-state index is 0. The first-order chi connectivity index (χ1) is 17.8. The van der Waals surface area contributed by atoms with Crippen molar-refractivity contribution < 1.29 is 124 Å². The van der Waals surface area contributed by atoms with Gasteiger partial charge in [0.15, 0.2) is 0 Å². The molecule has 10 atom stereocenters. The first kappa shape index (κ1) is 35.2. The SMILES string of the molecule is O=S(=O)([O-])O/N=C(/Cc1ccc(O[C@@H]2O[C@H](CO)[C@@H](O)[C@H](O)[C@H]2O)cc1)S[C@@H]1O[C@H](CO)[C@@H](O)[C@H](O)[C@H]1O.[K+]. The van der Waals surface area contributed by atoms with E-state index in [2.05, 4.69) is 9.44 Å². The molecule has 2 saturated heterocycles. The summed E-state index contributed by atoms with van der Waals surface area (Å²) in [7, 11) is -5.24. The Morgan fingerprint density at radius 2 is 1.41 bits per heavy atom. The number of rotatable bonds is 9. The number of benzene rings is 1. The second-order valence-electron chi connectivity index (χ2n) is 8.42. The van der Waals surface area contributed by atoms with Crippen LogP contribution in [0.25, 0.3) is 0 Å². The molecule has 2 aliphatic heterocycles. The summed E-state index contributed by atoms with van der Waals surface area (Å²) >= 11 is 0.578. The summed E-state index contributed by atoms with van der Waals surface area (Å²) in [6.45, 7) is -1.34. The molecule has 2 aliphatic rings. The second kappa shape index (κ2) is 15.5. The molecule has 0 amide bonds. The smallest absolute Gasteiger partial charge is 0.714 e. The number of aliphatic hydroxyl groups excluding tert-OH is 8. The van der Waals surface area contributed by atoms with Gasteiger partial charge in [-0.25, -0.2) is 0 Å². The van der Waals surface area contributed by atoms with E-state index in [4.69, 9.17) is 14.2 Å². The summed E-state index contributed by atoms with van der Waals surface area (Å²) in [5, 5.41) is 81.7. The van der Waals surface area contributed by atoms with Gasteiger partial charge < -0.3 is 59.6 Å². The number of hydrogen-bond donors (Lipinski definition) is 8. The molecule has 0 aliphatic carbocycles. The zero-order valence-electron chi connectivity index (χ0n) is 20.4. The zero-order valence-corrected chi connectivity index (χ0v) is 25.2. The molecule has 1 aromatic carbocycles. The normalized spacial score (nSPS) is 35.7. The van der Waals surface area contributed by atoms with Crippen molar-refractivity contribution >= 4 is 27.2 Å². The molecule has 0 unspecified atom stereocenters. The Morgan fingerprint density at radius 3 is 1.95 bits per heavy atom. The van der Waals surface area contributed by atoms with Crippen LogP contribution in [0, 0.1) is 0 Å². The number of ether oxygens (including phenoxy) is 3. The minimum atomic E-state index is -5.24. The molecular weight excluding hydrogens is 597 g/mol. The van der Waals surface area contributed by atoms with Gasteiger partial charge in [0.1, 0.15) is 65.1 Å². The molecule has 8 N–H and O–H groups in total. The molecule has 0 aromatic heterocycles. The second-order valence-corrected chi connectivity index (χ2v) is 10.6. The van der Waals surface area contributed by atoms with E-state index in [1.54, 1.807) is 0 Å². The summed E-state index contributed by atoms with van der Waals surface area (Å²) in [5.41, 5.74) is -0.898. The van der Waals surface area contributed by atoms with Crippen molar-refractivity contribution in [1.82, 2.24) is 0 Å². The average molecular weight is 626 g/mol. The average Bonchev–Trinajstić information content (AvgIpc) is 2.88. The van der Waals surface area contributed by atoms with Gasteiger partial charge in [0.05, 0.1) is 13.2 Å². The standard InChI is InChI=1S/C20H29NO15S2.K/c22-6-10-13(24)15(26)17(28)19(34-10)33-9-3-1-8(2-4-9)5-12(21-36-38(30,31)32)37-20-18(29)16(27)14(25)11(7-23)35-20;/h1-4,10-11,13-20,22-29H,5-7H2,(H,30,31,32);/q;+1/p-1/b21-12-;/t10-,11-,13-,14-,15+,16+,17-,18-,19-,20+;/m1./s1. The first-order valence-electron chi connectivity index (χ1n) is 11.1. The van der Waals surface area contributed by atoms with Gasteiger partial charge in [-0.05, 0) is 17.7 Å². The van der Waals surface area contributed by atoms with E-state index in [9.17, 15) is 53.8 Å². The number of hydrogen-bond acceptors (Lipinski definition) is 17. The van der Waals surface area contributed by atoms with Crippen molar-refractivity contribution in [2.45, 2.75) is 67.0 Å². The maximum Gasteiger partial charge on any atom is 1.00 e. The van der Waals surface area contributed by atoms with E-state index in [-0.39, 0.29) is 68.6 Å². The third-order valence-electron chi connectivity index (χ3n) is 5.71. The van der Waals surface area contributed by atoms with Crippen molar-refractivity contribution in [3.8, 4) is 5.75 Å². The fourth-order valence-corrected chi connectivity index (χ4v) is 4.97. The monoisotopic (exact) mass is 625 g/mol. The quantitative estimate of drug-likeness (QED) is 0.0316. The van der Waals surface area contributed by atoms with E-state index in [1.165, 1.54) is 24.3 Å². The van der Waals surface area contributed by atoms with Gasteiger partial charge in [0.25, 0.3) is 10.4 Å². The van der Waals surface area contributed by atoms with Crippen LogP contribution in [0.1, 0.15) is 5.56 Å². The Balaban J connectivity index is 0.00000533. The summed E-state index contributed by atoms with van der Waals surface area (Å²) in [5.74, 6) is 0.136. The van der Waals surface area contributed by atoms with Gasteiger partial charge in [0.2, 0.25) is 6.29 Å². The van der Waals surface area contributed by atoms with Crippen LogP contribution < -0.4 is 56.1 Å². The minimum Gasteiger partial charge on any atom is -0.714 e. The van der Waals surface area contributed by atoms with Gasteiger partial charge in [-0.1, -0.05) is 29.1 Å². The van der Waals surface area contributed by atoms with Crippen LogP contribution in [0.2, 0.25) is 0 Å². The van der Waals surface area contributed by atoms with Crippen LogP contribution in [0.15, 0.2) is 29.4 Å². The van der Waals surface area contributed by atoms with E-state index in [0.29, 0.717) is 17.3 Å². The zero-order chi connectivity index (χ0) is 28.2. The molecule has 0 bridgehead atoms. The molecular formula is C20H28KNO15S2. The number of nitrogens with zero attached hydrogens (tertiary/aromatic N) is 1. The van der Waals surface area contributed by atoms with E-state index >= 15 is 0 Å². The largest absolute Gasteiger partial charge is 1.00 e. The van der Waals surface area contributed by atoms with E-state index < -0.39 is 84.2 Å². The van der Waals surface area contributed by atoms with Crippen LogP contribution in [0.5, 0.6) is 5.75 Å². The molecule has 2 fully saturated rings. The molecule has 216 valence electrons. The number of aliphatic hydroxyl groups is 8. The summed E-state index contributed by atoms with van der Waals surface area (Å²) in [6, 6.07) is 5.74. The number of oxime groups is 1. The van der Waals surface area contributed by atoms with E-state index in [0.717, 1.165) is 0 Å². The molecule has 3 rings (SSSR count). The molecule has 0 spiro atoms. The fourth-order valence-electron chi connectivity index (χ4n) is 3.64. The third-order valence-corrected chi connectivity index (χ3v) is 7.08. The van der Waals surface area contributed by atoms with Crippen LogP contribution in [0.3, 0.4) is 0 Å². The van der Waals surface area contributed by atoms with Crippen molar-refractivity contribution in [3.05, 3.63) is 29.8 Å². The Morgan fingerprint density at radius 1 is 0.872 bits per heavy atom. The Kier molecular flexibility index (Phi) is 13.9. The van der Waals surface area contributed by atoms with Gasteiger partial charge in [0, 0.05) is 6.42 Å². The van der Waals surface area contributed by atoms with Crippen LogP contribution in [0.4, 0.5) is 0 Å². The maximum absolute atomic E-state index is 10.9. The third kappa shape index (κ3) is 9.49. The van der Waals surface area contributed by atoms with Crippen LogP contribution in [-0.4, -0.2) is 133 Å². The summed E-state index contributed by atoms with van der Waals surface area (Å²) < 4.78 is 52.8. The molecule has 0 radical (unpaired) electrons. The van der Waals surface area contributed by atoms with E-state index in [1.807, 2.05) is 0 Å². The summed E-state index contributed by atoms with van der Waals surface area (Å²) in [4.78, 5) is 0. The Hall–Kier alpha value is -0.0136. The summed E-state index contributed by atoms with van der Waals surface area (Å²) in [6.07, 6.45) is -13.9. The van der Waals surface area contributed by atoms with Gasteiger partial charge >= 0.3 is 51.4 Å². The predicted molar refractivity (Wildman–Crippen MR) is 124 cm³/mol. The Labute approximate surface area is 269 Å². The van der Waals surface area contributed by atoms with Gasteiger partial charge in [-0.2, -0.15) is 8.42 Å². The van der Waals surface area contributed by atoms with Crippen LogP contribution >= 0.6 is 11.8 Å². The molecule has 16 nitrogen and oxygen atoms in total. The fraction of sp³-hybridized carbons (Fsp3) is 0.650. The molecule has 1 aromatic rings. The van der Waals surface area contributed by atoms with Crippen molar-refractivity contribution in [2.75, 3.05) is 13.2 Å². The molecule has 39 heavy (non-hydrogen) atoms. The number of thioether (sulfide) groups is 1. The van der Waals surface area contributed by atoms with Gasteiger partial charge in [-0.15, -0.1) is 0 Å². The predicted octanol–water partition coefficient (Wildman–Crippen LogP) is -7.26. The van der Waals surface area contributed by atoms with Gasteiger partial charge in [-0.3, -0.25) is 4.28 Å². The molecule has 0 saturated carbocycles. The van der Waals surface area contributed by atoms with Crippen LogP contribution in [-0.2, 0) is 30.6 Å². The maximum atomic E-state index is 10.9. The van der Waals surface area contributed by atoms with Crippen molar-refractivity contribution in [1.29, 1.82) is 0 Å². The molecule has 19 heteroatoms.